The molecule has 0 aliphatic carbocycles. The quantitative estimate of drug-likeness (QED) is 0.847. The molecule has 5 nitrogen and oxygen atoms in total. The molecule has 1 heterocycles. The lowest BCUT2D eigenvalue weighted by atomic mass is 10.0. The van der Waals surface area contributed by atoms with Crippen LogP contribution in [0.3, 0.4) is 0 Å². The van der Waals surface area contributed by atoms with Gasteiger partial charge in [-0.1, -0.05) is 12.1 Å². The summed E-state index contributed by atoms with van der Waals surface area (Å²) in [6, 6.07) is 5.61. The van der Waals surface area contributed by atoms with E-state index in [1.165, 1.54) is 0 Å². The second kappa shape index (κ2) is 5.63. The lowest BCUT2D eigenvalue weighted by Gasteiger charge is -2.23. The number of anilines is 1. The highest BCUT2D eigenvalue weighted by atomic mass is 16.5. The molecule has 0 spiro atoms. The number of benzene rings is 1. The Hall–Kier alpha value is -1.88. The van der Waals surface area contributed by atoms with Gasteiger partial charge < -0.3 is 15.0 Å². The van der Waals surface area contributed by atoms with Gasteiger partial charge in [0, 0.05) is 17.9 Å². The van der Waals surface area contributed by atoms with Crippen molar-refractivity contribution < 1.29 is 9.26 Å². The summed E-state index contributed by atoms with van der Waals surface area (Å²) in [7, 11) is 0. The third-order valence-corrected chi connectivity index (χ3v) is 3.52. The maximum Gasteiger partial charge on any atom is 0.258 e. The largest absolute Gasteiger partial charge is 0.399 e. The smallest absolute Gasteiger partial charge is 0.258 e. The van der Waals surface area contributed by atoms with E-state index < -0.39 is 5.60 Å². The van der Waals surface area contributed by atoms with E-state index in [0.29, 0.717) is 18.3 Å². The second-order valence-electron chi connectivity index (χ2n) is 5.01. The molecule has 0 aliphatic rings. The fraction of sp³-hybridized carbons (Fsp3) is 0.467. The van der Waals surface area contributed by atoms with E-state index in [4.69, 9.17) is 15.0 Å². The molecule has 2 aromatic rings. The van der Waals surface area contributed by atoms with Crippen molar-refractivity contribution in [1.82, 2.24) is 10.1 Å². The van der Waals surface area contributed by atoms with Crippen molar-refractivity contribution in [3.8, 4) is 11.5 Å². The van der Waals surface area contributed by atoms with E-state index in [0.717, 1.165) is 23.2 Å². The fourth-order valence-electron chi connectivity index (χ4n) is 2.12. The molecule has 5 heteroatoms. The van der Waals surface area contributed by atoms with Crippen LogP contribution in [-0.2, 0) is 10.3 Å². The van der Waals surface area contributed by atoms with Crippen LogP contribution in [0.5, 0.6) is 0 Å². The summed E-state index contributed by atoms with van der Waals surface area (Å²) in [5, 5.41) is 4.08. The van der Waals surface area contributed by atoms with Crippen LogP contribution in [-0.4, -0.2) is 16.7 Å². The molecule has 0 aliphatic heterocycles. The first kappa shape index (κ1) is 14.5. The predicted molar refractivity (Wildman–Crippen MR) is 78.2 cm³/mol. The Morgan fingerprint density at radius 2 is 2.10 bits per heavy atom. The third kappa shape index (κ3) is 2.67. The van der Waals surface area contributed by atoms with Crippen LogP contribution in [0.2, 0.25) is 0 Å². The summed E-state index contributed by atoms with van der Waals surface area (Å²) in [6.45, 7) is 8.55. The van der Waals surface area contributed by atoms with E-state index in [2.05, 4.69) is 10.1 Å². The van der Waals surface area contributed by atoms with Crippen molar-refractivity contribution in [1.29, 1.82) is 0 Å². The molecule has 0 saturated carbocycles. The van der Waals surface area contributed by atoms with Crippen LogP contribution in [0.25, 0.3) is 11.5 Å². The normalized spacial score (nSPS) is 14.2. The van der Waals surface area contributed by atoms with Gasteiger partial charge in [0.05, 0.1) is 0 Å². The van der Waals surface area contributed by atoms with Gasteiger partial charge in [0.1, 0.15) is 5.60 Å². The molecule has 0 bridgehead atoms. The third-order valence-electron chi connectivity index (χ3n) is 3.52. The van der Waals surface area contributed by atoms with Gasteiger partial charge >= 0.3 is 0 Å². The van der Waals surface area contributed by atoms with E-state index in [1.54, 1.807) is 0 Å². The highest BCUT2D eigenvalue weighted by molar-refractivity contribution is 5.62. The zero-order chi connectivity index (χ0) is 14.8. The Morgan fingerprint density at radius 3 is 2.70 bits per heavy atom. The molecule has 2 rings (SSSR count). The number of hydrogen-bond donors (Lipinski definition) is 1. The van der Waals surface area contributed by atoms with Crippen molar-refractivity contribution in [2.75, 3.05) is 12.3 Å². The van der Waals surface area contributed by atoms with Crippen molar-refractivity contribution in [3.05, 3.63) is 29.6 Å². The van der Waals surface area contributed by atoms with Crippen LogP contribution in [0.1, 0.15) is 38.6 Å². The van der Waals surface area contributed by atoms with E-state index in [1.807, 2.05) is 45.9 Å². The number of aryl methyl sites for hydroxylation is 1. The average molecular weight is 275 g/mol. The van der Waals surface area contributed by atoms with Gasteiger partial charge in [-0.15, -0.1) is 0 Å². The van der Waals surface area contributed by atoms with Gasteiger partial charge in [0.15, 0.2) is 0 Å². The SMILES string of the molecule is CCOC(C)(CC)c1noc(-c2ccc(N)cc2C)n1. The van der Waals surface area contributed by atoms with E-state index in [-0.39, 0.29) is 0 Å². The summed E-state index contributed by atoms with van der Waals surface area (Å²) in [6.07, 6.45) is 0.778. The molecule has 0 fully saturated rings. The van der Waals surface area contributed by atoms with Crippen molar-refractivity contribution >= 4 is 5.69 Å². The molecule has 20 heavy (non-hydrogen) atoms. The van der Waals surface area contributed by atoms with Crippen molar-refractivity contribution in [2.24, 2.45) is 0 Å². The van der Waals surface area contributed by atoms with Crippen molar-refractivity contribution in [2.45, 2.75) is 39.7 Å². The van der Waals surface area contributed by atoms with Crippen LogP contribution in [0.4, 0.5) is 5.69 Å². The number of nitrogens with zero attached hydrogens (tertiary/aromatic N) is 2. The molecular weight excluding hydrogens is 254 g/mol. The van der Waals surface area contributed by atoms with Gasteiger partial charge in [-0.25, -0.2) is 0 Å². The van der Waals surface area contributed by atoms with E-state index >= 15 is 0 Å². The summed E-state index contributed by atoms with van der Waals surface area (Å²) < 4.78 is 11.1. The van der Waals surface area contributed by atoms with Crippen molar-refractivity contribution in [3.63, 3.8) is 0 Å². The minimum atomic E-state index is -0.516. The lowest BCUT2D eigenvalue weighted by molar-refractivity contribution is -0.0403. The van der Waals surface area contributed by atoms with E-state index in [9.17, 15) is 0 Å². The molecule has 2 N–H and O–H groups in total. The molecule has 1 atom stereocenters. The minimum absolute atomic E-state index is 0.497. The molecule has 1 unspecified atom stereocenters. The van der Waals surface area contributed by atoms with Gasteiger partial charge in [-0.2, -0.15) is 4.98 Å². The Bertz CT molecular complexity index is 595. The highest BCUT2D eigenvalue weighted by Gasteiger charge is 2.31. The monoisotopic (exact) mass is 275 g/mol. The zero-order valence-corrected chi connectivity index (χ0v) is 12.4. The first-order valence-electron chi connectivity index (χ1n) is 6.84. The van der Waals surface area contributed by atoms with Gasteiger partial charge in [-0.05, 0) is 51.0 Å². The number of rotatable bonds is 5. The predicted octanol–water partition coefficient (Wildman–Crippen LogP) is 3.29. The second-order valence-corrected chi connectivity index (χ2v) is 5.01. The summed E-state index contributed by atoms with van der Waals surface area (Å²) in [4.78, 5) is 4.49. The Morgan fingerprint density at radius 1 is 1.35 bits per heavy atom. The number of aromatic nitrogens is 2. The summed E-state index contributed by atoms with van der Waals surface area (Å²) in [5.41, 5.74) is 7.87. The maximum absolute atomic E-state index is 5.76. The summed E-state index contributed by atoms with van der Waals surface area (Å²) >= 11 is 0. The Labute approximate surface area is 119 Å². The first-order valence-corrected chi connectivity index (χ1v) is 6.84. The lowest BCUT2D eigenvalue weighted by Crippen LogP contribution is -2.26. The number of hydrogen-bond acceptors (Lipinski definition) is 5. The van der Waals surface area contributed by atoms with Crippen LogP contribution in [0.15, 0.2) is 22.7 Å². The molecule has 0 amide bonds. The molecule has 1 aromatic carbocycles. The number of nitrogens with two attached hydrogens (primary N) is 1. The molecular formula is C15H21N3O2. The van der Waals surface area contributed by atoms with Gasteiger partial charge in [-0.3, -0.25) is 0 Å². The average Bonchev–Trinajstić information content (AvgIpc) is 2.89. The fourth-order valence-corrected chi connectivity index (χ4v) is 2.12. The number of nitrogen functional groups attached to an aromatic ring is 1. The molecule has 0 radical (unpaired) electrons. The zero-order valence-electron chi connectivity index (χ0n) is 12.4. The Kier molecular flexibility index (Phi) is 4.09. The van der Waals surface area contributed by atoms with Crippen LogP contribution in [0, 0.1) is 6.92 Å². The van der Waals surface area contributed by atoms with Gasteiger partial charge in [0.25, 0.3) is 5.89 Å². The maximum atomic E-state index is 5.76. The first-order chi connectivity index (χ1) is 9.50. The number of ether oxygens (including phenoxy) is 1. The van der Waals surface area contributed by atoms with Crippen LogP contribution < -0.4 is 5.73 Å². The summed E-state index contributed by atoms with van der Waals surface area (Å²) in [5.74, 6) is 1.07. The minimum Gasteiger partial charge on any atom is -0.399 e. The van der Waals surface area contributed by atoms with Gasteiger partial charge in [0.2, 0.25) is 5.82 Å². The molecule has 1 aromatic heterocycles. The highest BCUT2D eigenvalue weighted by Crippen LogP contribution is 2.30. The topological polar surface area (TPSA) is 74.2 Å². The molecule has 108 valence electrons. The molecule has 0 saturated heterocycles. The Balaban J connectivity index is 2.37. The standard InChI is InChI=1S/C15H21N3O2/c1-5-15(4,19-6-2)14-17-13(20-18-14)12-8-7-11(16)9-10(12)3/h7-9H,5-6,16H2,1-4H3. The van der Waals surface area contributed by atoms with Crippen LogP contribution >= 0.6 is 0 Å².